The van der Waals surface area contributed by atoms with Gasteiger partial charge in [0.05, 0.1) is 4.90 Å². The number of sulfonamides is 1. The van der Waals surface area contributed by atoms with Gasteiger partial charge in [0.2, 0.25) is 5.28 Å². The van der Waals surface area contributed by atoms with Crippen LogP contribution in [0.5, 0.6) is 0 Å². The predicted octanol–water partition coefficient (Wildman–Crippen LogP) is 2.84. The van der Waals surface area contributed by atoms with Gasteiger partial charge in [-0.1, -0.05) is 29.3 Å². The predicted molar refractivity (Wildman–Crippen MR) is 81.5 cm³/mol. The first kappa shape index (κ1) is 14.6. The van der Waals surface area contributed by atoms with E-state index >= 15 is 0 Å². The van der Waals surface area contributed by atoms with Crippen molar-refractivity contribution in [2.45, 2.75) is 18.2 Å². The lowest BCUT2D eigenvalue weighted by molar-refractivity contribution is 0.592. The van der Waals surface area contributed by atoms with E-state index in [1.54, 1.807) is 24.3 Å². The highest BCUT2D eigenvalue weighted by atomic mass is 35.5. The van der Waals surface area contributed by atoms with Gasteiger partial charge in [-0.2, -0.15) is 4.98 Å². The first-order valence-electron chi connectivity index (χ1n) is 6.21. The van der Waals surface area contributed by atoms with Crippen molar-refractivity contribution in [3.05, 3.63) is 45.8 Å². The van der Waals surface area contributed by atoms with Gasteiger partial charge in [0.15, 0.2) is 5.82 Å². The Bertz CT molecular complexity index is 807. The minimum atomic E-state index is -3.68. The largest absolute Gasteiger partial charge is 0.265 e. The maximum absolute atomic E-state index is 12.7. The summed E-state index contributed by atoms with van der Waals surface area (Å²) in [7, 11) is -3.68. The number of aromatic nitrogens is 2. The Morgan fingerprint density at radius 1 is 1.14 bits per heavy atom. The molecule has 1 aliphatic heterocycles. The summed E-state index contributed by atoms with van der Waals surface area (Å²) in [6, 6.07) is 6.66. The van der Waals surface area contributed by atoms with Crippen LogP contribution in [0.15, 0.2) is 29.2 Å². The normalized spacial score (nSPS) is 14.3. The van der Waals surface area contributed by atoms with Crippen molar-refractivity contribution in [2.24, 2.45) is 0 Å². The van der Waals surface area contributed by atoms with E-state index in [0.29, 0.717) is 12.0 Å². The molecule has 2 aromatic rings. The third-order valence-corrected chi connectivity index (χ3v) is 5.60. The summed E-state index contributed by atoms with van der Waals surface area (Å²) in [6.45, 7) is 2.18. The third kappa shape index (κ3) is 2.47. The lowest BCUT2D eigenvalue weighted by atomic mass is 10.2. The Hall–Kier alpha value is -1.37. The molecule has 1 aliphatic rings. The van der Waals surface area contributed by atoms with Gasteiger partial charge in [-0.05, 0) is 37.1 Å². The van der Waals surface area contributed by atoms with E-state index in [0.717, 1.165) is 5.56 Å². The standard InChI is InChI=1S/C13H11Cl2N3O2S/c1-8-2-4-9(5-3-8)21(19,20)18-7-6-10-11(14)16-13(15)17-12(10)18/h2-5H,6-7H2,1H3. The minimum Gasteiger partial charge on any atom is -0.249 e. The zero-order valence-electron chi connectivity index (χ0n) is 11.0. The van der Waals surface area contributed by atoms with E-state index in [9.17, 15) is 8.42 Å². The highest BCUT2D eigenvalue weighted by Crippen LogP contribution is 2.35. The Morgan fingerprint density at radius 3 is 2.48 bits per heavy atom. The van der Waals surface area contributed by atoms with Crippen molar-refractivity contribution in [3.8, 4) is 0 Å². The Balaban J connectivity index is 2.10. The summed E-state index contributed by atoms with van der Waals surface area (Å²) in [5.74, 6) is 0.264. The second-order valence-corrected chi connectivity index (χ2v) is 7.28. The molecule has 0 saturated carbocycles. The van der Waals surface area contributed by atoms with Crippen LogP contribution < -0.4 is 4.31 Å². The van der Waals surface area contributed by atoms with Gasteiger partial charge >= 0.3 is 0 Å². The molecular formula is C13H11Cl2N3O2S. The van der Waals surface area contributed by atoms with Crippen LogP contribution in [0.1, 0.15) is 11.1 Å². The zero-order valence-corrected chi connectivity index (χ0v) is 13.4. The van der Waals surface area contributed by atoms with Gasteiger partial charge in [-0.15, -0.1) is 0 Å². The molecule has 0 bridgehead atoms. The van der Waals surface area contributed by atoms with Crippen molar-refractivity contribution >= 4 is 39.0 Å². The number of aryl methyl sites for hydroxylation is 1. The SMILES string of the molecule is Cc1ccc(S(=O)(=O)N2CCc3c(Cl)nc(Cl)nc32)cc1. The van der Waals surface area contributed by atoms with Gasteiger partial charge in [-0.3, -0.25) is 0 Å². The number of hydrogen-bond donors (Lipinski definition) is 0. The molecule has 21 heavy (non-hydrogen) atoms. The minimum absolute atomic E-state index is 0.0650. The Kier molecular flexibility index (Phi) is 3.55. The summed E-state index contributed by atoms with van der Waals surface area (Å²) in [5.41, 5.74) is 1.60. The molecular weight excluding hydrogens is 333 g/mol. The molecule has 2 heterocycles. The lowest BCUT2D eigenvalue weighted by Gasteiger charge is -2.18. The monoisotopic (exact) mass is 343 g/mol. The van der Waals surface area contributed by atoms with Crippen molar-refractivity contribution in [1.29, 1.82) is 0 Å². The molecule has 0 spiro atoms. The second kappa shape index (κ2) is 5.12. The summed E-state index contributed by atoms with van der Waals surface area (Å²) < 4.78 is 26.6. The highest BCUT2D eigenvalue weighted by Gasteiger charge is 2.34. The van der Waals surface area contributed by atoms with Crippen molar-refractivity contribution in [1.82, 2.24) is 9.97 Å². The Morgan fingerprint density at radius 2 is 1.81 bits per heavy atom. The number of fused-ring (bicyclic) bond motifs is 1. The maximum atomic E-state index is 12.7. The van der Waals surface area contributed by atoms with Crippen molar-refractivity contribution in [2.75, 3.05) is 10.8 Å². The molecule has 110 valence electrons. The van der Waals surface area contributed by atoms with Crippen molar-refractivity contribution in [3.63, 3.8) is 0 Å². The van der Waals surface area contributed by atoms with Crippen molar-refractivity contribution < 1.29 is 8.42 Å². The molecule has 8 heteroatoms. The average molecular weight is 344 g/mol. The molecule has 0 saturated heterocycles. The van der Waals surface area contributed by atoms with Gasteiger partial charge < -0.3 is 0 Å². The van der Waals surface area contributed by atoms with Gasteiger partial charge in [0.25, 0.3) is 10.0 Å². The molecule has 1 aromatic heterocycles. The summed E-state index contributed by atoms with van der Waals surface area (Å²) >= 11 is 11.8. The fourth-order valence-electron chi connectivity index (χ4n) is 2.23. The summed E-state index contributed by atoms with van der Waals surface area (Å²) in [5, 5.41) is 0.136. The van der Waals surface area contributed by atoms with Crippen LogP contribution >= 0.6 is 23.2 Å². The number of hydrogen-bond acceptors (Lipinski definition) is 4. The summed E-state index contributed by atoms with van der Waals surface area (Å²) in [4.78, 5) is 8.08. The molecule has 1 aromatic carbocycles. The van der Waals surface area contributed by atoms with Gasteiger partial charge in [0, 0.05) is 12.1 Å². The van der Waals surface area contributed by atoms with Gasteiger partial charge in [-0.25, -0.2) is 17.7 Å². The first-order valence-corrected chi connectivity index (χ1v) is 8.40. The smallest absolute Gasteiger partial charge is 0.249 e. The van der Waals surface area contributed by atoms with Crippen LogP contribution in [-0.2, 0) is 16.4 Å². The molecule has 0 N–H and O–H groups in total. The van der Waals surface area contributed by atoms with E-state index in [-0.39, 0.29) is 27.7 Å². The van der Waals surface area contributed by atoms with E-state index in [1.165, 1.54) is 4.31 Å². The number of benzene rings is 1. The number of halogens is 2. The topological polar surface area (TPSA) is 63.2 Å². The maximum Gasteiger partial charge on any atom is 0.265 e. The number of anilines is 1. The van der Waals surface area contributed by atoms with Crippen LogP contribution in [0.4, 0.5) is 5.82 Å². The molecule has 0 atom stereocenters. The third-order valence-electron chi connectivity index (χ3n) is 3.32. The molecule has 0 fully saturated rings. The van der Waals surface area contributed by atoms with E-state index in [4.69, 9.17) is 23.2 Å². The number of rotatable bonds is 2. The van der Waals surface area contributed by atoms with Crippen LogP contribution in [0.3, 0.4) is 0 Å². The average Bonchev–Trinajstić information content (AvgIpc) is 2.83. The van der Waals surface area contributed by atoms with Crippen LogP contribution in [0.2, 0.25) is 10.4 Å². The summed E-state index contributed by atoms with van der Waals surface area (Å²) in [6.07, 6.45) is 0.469. The molecule has 3 rings (SSSR count). The molecule has 5 nitrogen and oxygen atoms in total. The lowest BCUT2D eigenvalue weighted by Crippen LogP contribution is -2.29. The molecule has 0 aliphatic carbocycles. The zero-order chi connectivity index (χ0) is 15.2. The van der Waals surface area contributed by atoms with E-state index in [1.807, 2.05) is 6.92 Å². The fraction of sp³-hybridized carbons (Fsp3) is 0.231. The molecule has 0 radical (unpaired) electrons. The van der Waals surface area contributed by atoms with E-state index in [2.05, 4.69) is 9.97 Å². The van der Waals surface area contributed by atoms with E-state index < -0.39 is 10.0 Å². The quantitative estimate of drug-likeness (QED) is 0.621. The Labute approximate surface area is 132 Å². The fourth-order valence-corrected chi connectivity index (χ4v) is 4.14. The molecule has 0 unspecified atom stereocenters. The van der Waals surface area contributed by atoms with Crippen LogP contribution in [0.25, 0.3) is 0 Å². The highest BCUT2D eigenvalue weighted by molar-refractivity contribution is 7.92. The number of nitrogens with zero attached hydrogens (tertiary/aromatic N) is 3. The van der Waals surface area contributed by atoms with Crippen LogP contribution in [-0.4, -0.2) is 24.9 Å². The van der Waals surface area contributed by atoms with Crippen LogP contribution in [0, 0.1) is 6.92 Å². The molecule has 0 amide bonds. The first-order chi connectivity index (χ1) is 9.89. The van der Waals surface area contributed by atoms with Gasteiger partial charge in [0.1, 0.15) is 5.15 Å². The second-order valence-electron chi connectivity index (χ2n) is 4.73.